The lowest BCUT2D eigenvalue weighted by atomic mass is 10.1. The minimum atomic E-state index is -1.08. The number of ether oxygens (including phenoxy) is 2. The normalized spacial score (nSPS) is 14.0. The Bertz CT molecular complexity index is 629. The highest BCUT2D eigenvalue weighted by atomic mass is 16.6. The Kier molecular flexibility index (Phi) is 4.44. The molecule has 0 bridgehead atoms. The minimum absolute atomic E-state index is 0.202. The zero-order chi connectivity index (χ0) is 16.3. The number of hydrogen-bond acceptors (Lipinski definition) is 6. The molecule has 1 aromatic rings. The standard InChI is InChI=1S/C13H14N2O7/c1-7(4-12(16)17)14-13(18)8-5-10-11(22-3-2-21-10)6-9(8)15(19)20/h5-7H,2-4H2,1H3,(H,14,18)(H,16,17). The third-order valence-corrected chi connectivity index (χ3v) is 2.96. The van der Waals surface area contributed by atoms with E-state index >= 15 is 0 Å². The van der Waals surface area contributed by atoms with E-state index in [4.69, 9.17) is 14.6 Å². The van der Waals surface area contributed by atoms with Gasteiger partial charge in [-0.05, 0) is 6.92 Å². The number of benzene rings is 1. The van der Waals surface area contributed by atoms with E-state index in [2.05, 4.69) is 5.32 Å². The van der Waals surface area contributed by atoms with E-state index in [0.29, 0.717) is 0 Å². The molecule has 9 heteroatoms. The summed E-state index contributed by atoms with van der Waals surface area (Å²) in [4.78, 5) is 33.2. The first kappa shape index (κ1) is 15.5. The van der Waals surface area contributed by atoms with Gasteiger partial charge in [0, 0.05) is 12.1 Å². The predicted molar refractivity (Wildman–Crippen MR) is 73.3 cm³/mol. The van der Waals surface area contributed by atoms with Crippen LogP contribution >= 0.6 is 0 Å². The first-order valence-corrected chi connectivity index (χ1v) is 6.49. The van der Waals surface area contributed by atoms with Gasteiger partial charge < -0.3 is 19.9 Å². The Morgan fingerprint density at radius 2 is 1.95 bits per heavy atom. The molecule has 1 heterocycles. The third kappa shape index (κ3) is 3.43. The number of carbonyl (C=O) groups is 2. The Morgan fingerprint density at radius 3 is 2.50 bits per heavy atom. The van der Waals surface area contributed by atoms with Crippen molar-refractivity contribution in [1.29, 1.82) is 0 Å². The number of nitro benzene ring substituents is 1. The molecule has 0 saturated carbocycles. The number of nitro groups is 1. The Labute approximate surface area is 125 Å². The summed E-state index contributed by atoms with van der Waals surface area (Å²) < 4.78 is 10.5. The van der Waals surface area contributed by atoms with Crippen molar-refractivity contribution < 1.29 is 29.1 Å². The molecule has 0 aromatic heterocycles. The van der Waals surface area contributed by atoms with E-state index in [-0.39, 0.29) is 36.7 Å². The Hall–Kier alpha value is -2.84. The maximum Gasteiger partial charge on any atom is 0.305 e. The molecule has 1 aromatic carbocycles. The van der Waals surface area contributed by atoms with Gasteiger partial charge in [-0.25, -0.2) is 0 Å². The number of hydrogen-bond donors (Lipinski definition) is 2. The van der Waals surface area contributed by atoms with Crippen molar-refractivity contribution in [1.82, 2.24) is 5.32 Å². The monoisotopic (exact) mass is 310 g/mol. The van der Waals surface area contributed by atoms with Crippen LogP contribution < -0.4 is 14.8 Å². The summed E-state index contributed by atoms with van der Waals surface area (Å²) in [6.45, 7) is 2.04. The average Bonchev–Trinajstić information content (AvgIpc) is 2.44. The van der Waals surface area contributed by atoms with Crippen LogP contribution in [0.4, 0.5) is 5.69 Å². The second-order valence-electron chi connectivity index (χ2n) is 4.74. The summed E-state index contributed by atoms with van der Waals surface area (Å²) in [5, 5.41) is 22.2. The lowest BCUT2D eigenvalue weighted by molar-refractivity contribution is -0.385. The van der Waals surface area contributed by atoms with Crippen LogP contribution in [0.2, 0.25) is 0 Å². The molecular formula is C13H14N2O7. The van der Waals surface area contributed by atoms with Gasteiger partial charge in [0.25, 0.3) is 11.6 Å². The molecule has 0 aliphatic carbocycles. The van der Waals surface area contributed by atoms with E-state index in [9.17, 15) is 19.7 Å². The number of rotatable bonds is 5. The van der Waals surface area contributed by atoms with Gasteiger partial charge in [-0.3, -0.25) is 19.7 Å². The molecule has 2 rings (SSSR count). The molecule has 1 aliphatic heterocycles. The summed E-state index contributed by atoms with van der Waals surface area (Å²) in [6, 6.07) is 1.69. The smallest absolute Gasteiger partial charge is 0.305 e. The van der Waals surface area contributed by atoms with Crippen LogP contribution in [0.25, 0.3) is 0 Å². The SMILES string of the molecule is CC(CC(=O)O)NC(=O)c1cc2c(cc1[N+](=O)[O-])OCCO2. The lowest BCUT2D eigenvalue weighted by Crippen LogP contribution is -2.34. The summed E-state index contributed by atoms with van der Waals surface area (Å²) in [7, 11) is 0. The van der Waals surface area contributed by atoms with E-state index in [1.807, 2.05) is 0 Å². The summed E-state index contributed by atoms with van der Waals surface area (Å²) >= 11 is 0. The van der Waals surface area contributed by atoms with Gasteiger partial charge in [0.15, 0.2) is 11.5 Å². The third-order valence-electron chi connectivity index (χ3n) is 2.96. The maximum absolute atomic E-state index is 12.1. The minimum Gasteiger partial charge on any atom is -0.486 e. The van der Waals surface area contributed by atoms with Crippen LogP contribution in [0.3, 0.4) is 0 Å². The van der Waals surface area contributed by atoms with Gasteiger partial charge >= 0.3 is 5.97 Å². The van der Waals surface area contributed by atoms with Gasteiger partial charge in [0.1, 0.15) is 18.8 Å². The first-order valence-electron chi connectivity index (χ1n) is 6.49. The first-order chi connectivity index (χ1) is 10.4. The second-order valence-corrected chi connectivity index (χ2v) is 4.74. The van der Waals surface area contributed by atoms with E-state index in [1.54, 1.807) is 0 Å². The van der Waals surface area contributed by atoms with Crippen molar-refractivity contribution in [3.8, 4) is 11.5 Å². The molecule has 0 fully saturated rings. The zero-order valence-corrected chi connectivity index (χ0v) is 11.7. The molecule has 1 amide bonds. The number of nitrogens with zero attached hydrogens (tertiary/aromatic N) is 1. The van der Waals surface area contributed by atoms with Crippen molar-refractivity contribution in [2.75, 3.05) is 13.2 Å². The molecule has 2 N–H and O–H groups in total. The van der Waals surface area contributed by atoms with Crippen LogP contribution in [0.5, 0.6) is 11.5 Å². The van der Waals surface area contributed by atoms with Crippen molar-refractivity contribution in [3.05, 3.63) is 27.8 Å². The molecule has 1 aliphatic rings. The average molecular weight is 310 g/mol. The summed E-state index contributed by atoms with van der Waals surface area (Å²) in [5.74, 6) is -1.37. The molecule has 9 nitrogen and oxygen atoms in total. The van der Waals surface area contributed by atoms with Gasteiger partial charge in [-0.2, -0.15) is 0 Å². The van der Waals surface area contributed by atoms with Gasteiger partial charge in [0.2, 0.25) is 0 Å². The number of carbonyl (C=O) groups excluding carboxylic acids is 1. The topological polar surface area (TPSA) is 128 Å². The summed E-state index contributed by atoms with van der Waals surface area (Å²) in [6.07, 6.45) is -0.288. The van der Waals surface area contributed by atoms with Crippen LogP contribution in [0.15, 0.2) is 12.1 Å². The highest BCUT2D eigenvalue weighted by Gasteiger charge is 2.27. The van der Waals surface area contributed by atoms with Crippen molar-refractivity contribution in [3.63, 3.8) is 0 Å². The van der Waals surface area contributed by atoms with Crippen molar-refractivity contribution >= 4 is 17.6 Å². The van der Waals surface area contributed by atoms with Gasteiger partial charge in [-0.1, -0.05) is 0 Å². The van der Waals surface area contributed by atoms with Crippen LogP contribution in [-0.2, 0) is 4.79 Å². The Balaban J connectivity index is 2.30. The second kappa shape index (κ2) is 6.29. The lowest BCUT2D eigenvalue weighted by Gasteiger charge is -2.19. The van der Waals surface area contributed by atoms with E-state index in [0.717, 1.165) is 6.07 Å². The molecule has 0 spiro atoms. The number of amides is 1. The number of carboxylic acids is 1. The van der Waals surface area contributed by atoms with E-state index < -0.39 is 28.5 Å². The van der Waals surface area contributed by atoms with Crippen LogP contribution in [0, 0.1) is 10.1 Å². The van der Waals surface area contributed by atoms with Crippen molar-refractivity contribution in [2.45, 2.75) is 19.4 Å². The zero-order valence-electron chi connectivity index (χ0n) is 11.7. The van der Waals surface area contributed by atoms with Crippen molar-refractivity contribution in [2.24, 2.45) is 0 Å². The molecule has 0 saturated heterocycles. The highest BCUT2D eigenvalue weighted by molar-refractivity contribution is 5.99. The number of fused-ring (bicyclic) bond motifs is 1. The summed E-state index contributed by atoms with van der Waals surface area (Å²) in [5.41, 5.74) is -0.629. The number of nitrogens with one attached hydrogen (secondary N) is 1. The fourth-order valence-electron chi connectivity index (χ4n) is 2.03. The molecule has 22 heavy (non-hydrogen) atoms. The highest BCUT2D eigenvalue weighted by Crippen LogP contribution is 2.36. The molecule has 1 atom stereocenters. The molecule has 0 radical (unpaired) electrons. The number of carboxylic acid groups (broad SMARTS) is 1. The molecule has 1 unspecified atom stereocenters. The predicted octanol–water partition coefficient (Wildman–Crippen LogP) is 0.959. The van der Waals surface area contributed by atoms with Crippen LogP contribution in [-0.4, -0.2) is 41.2 Å². The van der Waals surface area contributed by atoms with Gasteiger partial charge in [-0.15, -0.1) is 0 Å². The fourth-order valence-corrected chi connectivity index (χ4v) is 2.03. The number of aliphatic carboxylic acids is 1. The van der Waals surface area contributed by atoms with E-state index in [1.165, 1.54) is 13.0 Å². The fraction of sp³-hybridized carbons (Fsp3) is 0.385. The quantitative estimate of drug-likeness (QED) is 0.612. The molecular weight excluding hydrogens is 296 g/mol. The maximum atomic E-state index is 12.1. The Morgan fingerprint density at radius 1 is 1.36 bits per heavy atom. The van der Waals surface area contributed by atoms with Crippen LogP contribution in [0.1, 0.15) is 23.7 Å². The van der Waals surface area contributed by atoms with Gasteiger partial charge in [0.05, 0.1) is 17.4 Å². The largest absolute Gasteiger partial charge is 0.486 e. The molecule has 118 valence electrons.